The van der Waals surface area contributed by atoms with Gasteiger partial charge in [0.1, 0.15) is 5.75 Å². The van der Waals surface area contributed by atoms with Crippen LogP contribution >= 0.6 is 0 Å². The van der Waals surface area contributed by atoms with Crippen molar-refractivity contribution < 1.29 is 13.5 Å². The van der Waals surface area contributed by atoms with Crippen LogP contribution < -0.4 is 4.72 Å². The summed E-state index contributed by atoms with van der Waals surface area (Å²) >= 11 is 0. The fraction of sp³-hybridized carbons (Fsp3) is 0.581. The first-order chi connectivity index (χ1) is 18.0. The highest BCUT2D eigenvalue weighted by molar-refractivity contribution is 7.92. The number of unbranched alkanes of at least 4 members (excludes halogenated alkanes) is 15. The van der Waals surface area contributed by atoms with E-state index in [9.17, 15) is 13.5 Å². The van der Waals surface area contributed by atoms with Gasteiger partial charge in [0.15, 0.2) is 0 Å². The van der Waals surface area contributed by atoms with Gasteiger partial charge < -0.3 is 5.11 Å². The Balaban J connectivity index is 1.47. The first-order valence-electron chi connectivity index (χ1n) is 14.4. The Kier molecular flexibility index (Phi) is 15.7. The van der Waals surface area contributed by atoms with Crippen molar-refractivity contribution in [3.05, 3.63) is 54.1 Å². The number of aliphatic imine (C=N–C) groups is 1. The number of phenolic OH excluding ortho intramolecular Hbond substituents is 1. The van der Waals surface area contributed by atoms with Gasteiger partial charge in [0.2, 0.25) is 0 Å². The Hall–Kier alpha value is -2.34. The summed E-state index contributed by atoms with van der Waals surface area (Å²) in [6.45, 7) is 3.08. The van der Waals surface area contributed by atoms with Crippen molar-refractivity contribution in [1.82, 2.24) is 0 Å². The highest BCUT2D eigenvalue weighted by Gasteiger charge is 2.13. The van der Waals surface area contributed by atoms with Crippen LogP contribution in [0.4, 0.5) is 5.69 Å². The fourth-order valence-corrected chi connectivity index (χ4v) is 5.46. The maximum Gasteiger partial charge on any atom is 0.261 e. The van der Waals surface area contributed by atoms with E-state index >= 15 is 0 Å². The SMILES string of the molecule is CCCCCCCCCCCCCCCCCCN=Cc1ccc(S(=O)(=O)Nc2ccc(O)cc2)cc1. The molecule has 0 saturated carbocycles. The van der Waals surface area contributed by atoms with E-state index in [1.54, 1.807) is 24.3 Å². The van der Waals surface area contributed by atoms with Crippen molar-refractivity contribution in [3.63, 3.8) is 0 Å². The number of anilines is 1. The Bertz CT molecular complexity index is 971. The highest BCUT2D eigenvalue weighted by Crippen LogP contribution is 2.19. The second-order valence-corrected chi connectivity index (χ2v) is 11.7. The van der Waals surface area contributed by atoms with Crippen LogP contribution in [0.25, 0.3) is 0 Å². The maximum absolute atomic E-state index is 12.5. The van der Waals surface area contributed by atoms with Crippen LogP contribution in [0.2, 0.25) is 0 Å². The van der Waals surface area contributed by atoms with Crippen LogP contribution in [0, 0.1) is 0 Å². The molecule has 0 aliphatic carbocycles. The minimum absolute atomic E-state index is 0.0891. The number of phenols is 1. The largest absolute Gasteiger partial charge is 0.508 e. The van der Waals surface area contributed by atoms with Crippen LogP contribution in [0.1, 0.15) is 115 Å². The lowest BCUT2D eigenvalue weighted by molar-refractivity contribution is 0.475. The normalized spacial score (nSPS) is 11.8. The summed E-state index contributed by atoms with van der Waals surface area (Å²) < 4.78 is 27.6. The molecule has 0 fully saturated rings. The van der Waals surface area contributed by atoms with Crippen LogP contribution in [0.5, 0.6) is 5.75 Å². The second-order valence-electron chi connectivity index (χ2n) is 10.1. The number of nitrogens with zero attached hydrogens (tertiary/aromatic N) is 1. The Morgan fingerprint density at radius 1 is 0.676 bits per heavy atom. The number of hydrogen-bond donors (Lipinski definition) is 2. The van der Waals surface area contributed by atoms with Gasteiger partial charge in [-0.3, -0.25) is 9.71 Å². The van der Waals surface area contributed by atoms with Crippen molar-refractivity contribution in [2.24, 2.45) is 4.99 Å². The molecule has 0 heterocycles. The summed E-state index contributed by atoms with van der Waals surface area (Å²) in [5.41, 5.74) is 1.29. The molecule has 0 spiro atoms. The van der Waals surface area contributed by atoms with E-state index in [1.165, 1.54) is 121 Å². The van der Waals surface area contributed by atoms with Crippen LogP contribution in [0.15, 0.2) is 58.4 Å². The second kappa shape index (κ2) is 18.8. The molecule has 206 valence electrons. The molecule has 37 heavy (non-hydrogen) atoms. The lowest BCUT2D eigenvalue weighted by Crippen LogP contribution is -2.12. The molecule has 0 saturated heterocycles. The third-order valence-corrected chi connectivity index (χ3v) is 8.09. The van der Waals surface area contributed by atoms with Crippen molar-refractivity contribution >= 4 is 21.9 Å². The molecule has 0 amide bonds. The standard InChI is InChI=1S/C31H48N2O3S/c1-2-3-4-5-6-7-8-9-10-11-12-13-14-15-16-17-26-32-27-28-18-24-31(25-19-28)37(35,36)33-29-20-22-30(34)23-21-29/h18-25,27,33-34H,2-17,26H2,1H3. The molecular weight excluding hydrogens is 480 g/mol. The molecule has 2 N–H and O–H groups in total. The van der Waals surface area contributed by atoms with Gasteiger partial charge >= 0.3 is 0 Å². The zero-order valence-corrected chi connectivity index (χ0v) is 23.7. The Morgan fingerprint density at radius 3 is 1.62 bits per heavy atom. The van der Waals surface area contributed by atoms with E-state index < -0.39 is 10.0 Å². The monoisotopic (exact) mass is 528 g/mol. The number of nitrogens with one attached hydrogen (secondary N) is 1. The average molecular weight is 529 g/mol. The molecule has 0 radical (unpaired) electrons. The van der Waals surface area contributed by atoms with Crippen molar-refractivity contribution in [2.75, 3.05) is 11.3 Å². The van der Waals surface area contributed by atoms with Crippen molar-refractivity contribution in [2.45, 2.75) is 115 Å². The highest BCUT2D eigenvalue weighted by atomic mass is 32.2. The predicted molar refractivity (Wildman–Crippen MR) is 157 cm³/mol. The Labute approximate surface area is 225 Å². The molecule has 6 heteroatoms. The number of hydrogen-bond acceptors (Lipinski definition) is 4. The quantitative estimate of drug-likeness (QED) is 0.0964. The smallest absolute Gasteiger partial charge is 0.261 e. The number of sulfonamides is 1. The summed E-state index contributed by atoms with van der Waals surface area (Å²) in [5.74, 6) is 0.0891. The minimum Gasteiger partial charge on any atom is -0.508 e. The molecular formula is C31H48N2O3S. The molecule has 0 atom stereocenters. The summed E-state index contributed by atoms with van der Waals surface area (Å²) in [5, 5.41) is 9.33. The van der Waals surface area contributed by atoms with Gasteiger partial charge in [-0.15, -0.1) is 0 Å². The lowest BCUT2D eigenvalue weighted by atomic mass is 10.0. The fourth-order valence-electron chi connectivity index (χ4n) is 4.40. The summed E-state index contributed by atoms with van der Waals surface area (Å²) in [7, 11) is -3.67. The van der Waals surface area contributed by atoms with Gasteiger partial charge in [-0.05, 0) is 48.4 Å². The lowest BCUT2D eigenvalue weighted by Gasteiger charge is -2.08. The maximum atomic E-state index is 12.5. The molecule has 0 aliphatic rings. The molecule has 0 aliphatic heterocycles. The Morgan fingerprint density at radius 2 is 1.14 bits per heavy atom. The topological polar surface area (TPSA) is 78.8 Å². The van der Waals surface area contributed by atoms with E-state index in [1.807, 2.05) is 6.21 Å². The van der Waals surface area contributed by atoms with E-state index in [-0.39, 0.29) is 10.6 Å². The van der Waals surface area contributed by atoms with Gasteiger partial charge in [0, 0.05) is 18.4 Å². The molecule has 2 rings (SSSR count). The average Bonchev–Trinajstić information content (AvgIpc) is 2.89. The molecule has 0 aromatic heterocycles. The van der Waals surface area contributed by atoms with Crippen molar-refractivity contribution in [1.29, 1.82) is 0 Å². The minimum atomic E-state index is -3.67. The van der Waals surface area contributed by atoms with E-state index in [0.717, 1.165) is 18.5 Å². The van der Waals surface area contributed by atoms with Gasteiger partial charge in [-0.25, -0.2) is 8.42 Å². The molecule has 2 aromatic carbocycles. The summed E-state index contributed by atoms with van der Waals surface area (Å²) in [4.78, 5) is 4.69. The molecule has 0 bridgehead atoms. The first kappa shape index (κ1) is 30.9. The van der Waals surface area contributed by atoms with Gasteiger partial charge in [0.25, 0.3) is 10.0 Å². The summed E-state index contributed by atoms with van der Waals surface area (Å²) in [6.07, 6.45) is 23.6. The third-order valence-electron chi connectivity index (χ3n) is 6.69. The third kappa shape index (κ3) is 14.2. The van der Waals surface area contributed by atoms with Crippen molar-refractivity contribution in [3.8, 4) is 5.75 Å². The molecule has 5 nitrogen and oxygen atoms in total. The van der Waals surface area contributed by atoms with E-state index in [2.05, 4.69) is 16.6 Å². The van der Waals surface area contributed by atoms with E-state index in [0.29, 0.717) is 5.69 Å². The first-order valence-corrected chi connectivity index (χ1v) is 15.9. The zero-order valence-electron chi connectivity index (χ0n) is 22.8. The predicted octanol–water partition coefficient (Wildman–Crippen LogP) is 8.87. The number of rotatable bonds is 21. The van der Waals surface area contributed by atoms with Gasteiger partial charge in [-0.1, -0.05) is 115 Å². The van der Waals surface area contributed by atoms with Crippen LogP contribution in [-0.2, 0) is 10.0 Å². The summed E-state index contributed by atoms with van der Waals surface area (Å²) in [6, 6.07) is 12.6. The van der Waals surface area contributed by atoms with Crippen LogP contribution in [0.3, 0.4) is 0 Å². The molecule has 2 aromatic rings. The molecule has 0 unspecified atom stereocenters. The number of benzene rings is 2. The van der Waals surface area contributed by atoms with E-state index in [4.69, 9.17) is 0 Å². The number of aromatic hydroxyl groups is 1. The van der Waals surface area contributed by atoms with Crippen LogP contribution in [-0.4, -0.2) is 26.3 Å². The zero-order chi connectivity index (χ0) is 26.6. The van der Waals surface area contributed by atoms with Gasteiger partial charge in [-0.2, -0.15) is 0 Å². The van der Waals surface area contributed by atoms with Gasteiger partial charge in [0.05, 0.1) is 4.90 Å².